The predicted octanol–water partition coefficient (Wildman–Crippen LogP) is 4.47. The summed E-state index contributed by atoms with van der Waals surface area (Å²) in [6.07, 6.45) is 0. The van der Waals surface area contributed by atoms with Crippen LogP contribution in [0.15, 0.2) is 66.7 Å². The number of hydrogen-bond acceptors (Lipinski definition) is 3. The van der Waals surface area contributed by atoms with Gasteiger partial charge < -0.3 is 9.84 Å². The number of benzene rings is 2. The lowest BCUT2D eigenvalue weighted by Crippen LogP contribution is -1.99. The Hall–Kier alpha value is -2.36. The number of halogens is 1. The molecule has 0 spiro atoms. The van der Waals surface area contributed by atoms with Crippen molar-refractivity contribution in [1.29, 1.82) is 0 Å². The van der Waals surface area contributed by atoms with Crippen LogP contribution in [-0.2, 0) is 13.2 Å². The molecule has 1 aromatic heterocycles. The van der Waals surface area contributed by atoms with Crippen molar-refractivity contribution in [2.45, 2.75) is 13.2 Å². The van der Waals surface area contributed by atoms with Gasteiger partial charge in [-0.1, -0.05) is 54.1 Å². The van der Waals surface area contributed by atoms with Gasteiger partial charge >= 0.3 is 0 Å². The van der Waals surface area contributed by atoms with Crippen LogP contribution in [0.2, 0.25) is 5.02 Å². The van der Waals surface area contributed by atoms with Crippen LogP contribution in [-0.4, -0.2) is 10.1 Å². The summed E-state index contributed by atoms with van der Waals surface area (Å²) < 4.78 is 5.77. The van der Waals surface area contributed by atoms with Gasteiger partial charge in [0.15, 0.2) is 0 Å². The first-order valence-corrected chi connectivity index (χ1v) is 7.67. The van der Waals surface area contributed by atoms with Gasteiger partial charge in [-0.25, -0.2) is 4.98 Å². The lowest BCUT2D eigenvalue weighted by atomic mass is 10.1. The highest BCUT2D eigenvalue weighted by molar-refractivity contribution is 6.30. The molecule has 1 N–H and O–H groups in total. The molecular formula is C19H16ClNO2. The molecule has 0 bridgehead atoms. The number of nitrogens with zero attached hydrogens (tertiary/aromatic N) is 1. The lowest BCUT2D eigenvalue weighted by molar-refractivity contribution is 0.275. The summed E-state index contributed by atoms with van der Waals surface area (Å²) in [6.45, 7) is 0.369. The highest BCUT2D eigenvalue weighted by Gasteiger charge is 2.06. The molecule has 3 nitrogen and oxygen atoms in total. The quantitative estimate of drug-likeness (QED) is 0.752. The van der Waals surface area contributed by atoms with Crippen LogP contribution in [0.1, 0.15) is 11.1 Å². The molecule has 4 heteroatoms. The minimum absolute atomic E-state index is 0.0647. The van der Waals surface area contributed by atoms with Crippen LogP contribution in [0.5, 0.6) is 5.88 Å². The number of pyridine rings is 1. The smallest absolute Gasteiger partial charge is 0.214 e. The Kier molecular flexibility index (Phi) is 4.91. The van der Waals surface area contributed by atoms with Crippen LogP contribution in [0.4, 0.5) is 0 Å². The van der Waals surface area contributed by atoms with Crippen LogP contribution in [0.25, 0.3) is 11.3 Å². The van der Waals surface area contributed by atoms with Crippen LogP contribution >= 0.6 is 11.6 Å². The maximum Gasteiger partial charge on any atom is 0.214 e. The third-order valence-electron chi connectivity index (χ3n) is 3.41. The van der Waals surface area contributed by atoms with E-state index in [2.05, 4.69) is 4.98 Å². The maximum absolute atomic E-state index is 9.46. The topological polar surface area (TPSA) is 42.4 Å². The van der Waals surface area contributed by atoms with Crippen molar-refractivity contribution in [2.75, 3.05) is 0 Å². The summed E-state index contributed by atoms with van der Waals surface area (Å²) >= 11 is 5.92. The van der Waals surface area contributed by atoms with Gasteiger partial charge in [0.1, 0.15) is 6.61 Å². The Balaban J connectivity index is 1.85. The highest BCUT2D eigenvalue weighted by Crippen LogP contribution is 2.24. The number of rotatable bonds is 5. The SMILES string of the molecule is OCc1cc(OCc2ccccc2)nc(-c2ccc(Cl)cc2)c1. The summed E-state index contributed by atoms with van der Waals surface area (Å²) in [5, 5.41) is 10.1. The van der Waals surface area contributed by atoms with Crippen molar-refractivity contribution in [3.8, 4) is 17.1 Å². The molecule has 23 heavy (non-hydrogen) atoms. The summed E-state index contributed by atoms with van der Waals surface area (Å²) in [7, 11) is 0. The van der Waals surface area contributed by atoms with E-state index < -0.39 is 0 Å². The Morgan fingerprint density at radius 2 is 1.65 bits per heavy atom. The first-order valence-electron chi connectivity index (χ1n) is 7.29. The van der Waals surface area contributed by atoms with E-state index in [0.717, 1.165) is 22.4 Å². The monoisotopic (exact) mass is 325 g/mol. The third kappa shape index (κ3) is 4.09. The van der Waals surface area contributed by atoms with E-state index in [0.29, 0.717) is 17.5 Å². The average Bonchev–Trinajstić information content (AvgIpc) is 2.61. The first-order chi connectivity index (χ1) is 11.2. The molecule has 116 valence electrons. The van der Waals surface area contributed by atoms with Crippen molar-refractivity contribution < 1.29 is 9.84 Å². The van der Waals surface area contributed by atoms with E-state index in [1.165, 1.54) is 0 Å². The molecule has 0 atom stereocenters. The lowest BCUT2D eigenvalue weighted by Gasteiger charge is -2.10. The number of aliphatic hydroxyl groups excluding tert-OH is 1. The minimum Gasteiger partial charge on any atom is -0.473 e. The standard InChI is InChI=1S/C19H16ClNO2/c20-17-8-6-16(7-9-17)18-10-15(12-22)11-19(21-18)23-13-14-4-2-1-3-5-14/h1-11,22H,12-13H2. The average molecular weight is 326 g/mol. The molecule has 0 fully saturated rings. The Morgan fingerprint density at radius 3 is 2.35 bits per heavy atom. The predicted molar refractivity (Wildman–Crippen MR) is 91.4 cm³/mol. The van der Waals surface area contributed by atoms with Crippen molar-refractivity contribution in [3.05, 3.63) is 82.9 Å². The van der Waals surface area contributed by atoms with Crippen molar-refractivity contribution >= 4 is 11.6 Å². The van der Waals surface area contributed by atoms with Crippen LogP contribution < -0.4 is 4.74 Å². The minimum atomic E-state index is -0.0647. The van der Waals surface area contributed by atoms with Crippen molar-refractivity contribution in [2.24, 2.45) is 0 Å². The van der Waals surface area contributed by atoms with E-state index in [1.54, 1.807) is 6.07 Å². The molecule has 0 aliphatic carbocycles. The molecule has 0 saturated carbocycles. The first kappa shape index (κ1) is 15.5. The fourth-order valence-electron chi connectivity index (χ4n) is 2.22. The van der Waals surface area contributed by atoms with Crippen molar-refractivity contribution in [3.63, 3.8) is 0 Å². The highest BCUT2D eigenvalue weighted by atomic mass is 35.5. The maximum atomic E-state index is 9.46. The molecule has 0 unspecified atom stereocenters. The molecule has 3 rings (SSSR count). The summed E-state index contributed by atoms with van der Waals surface area (Å²) in [6, 6.07) is 20.9. The molecule has 0 aliphatic rings. The van der Waals surface area contributed by atoms with Gasteiger partial charge in [0.05, 0.1) is 12.3 Å². The molecule has 0 amide bonds. The van der Waals surface area contributed by atoms with Crippen LogP contribution in [0.3, 0.4) is 0 Å². The zero-order valence-electron chi connectivity index (χ0n) is 12.4. The second-order valence-corrected chi connectivity index (χ2v) is 5.57. The number of hydrogen-bond donors (Lipinski definition) is 1. The van der Waals surface area contributed by atoms with Crippen molar-refractivity contribution in [1.82, 2.24) is 4.98 Å². The normalized spacial score (nSPS) is 10.5. The number of aliphatic hydroxyl groups is 1. The zero-order chi connectivity index (χ0) is 16.1. The van der Waals surface area contributed by atoms with Gasteiger partial charge in [0, 0.05) is 16.7 Å². The Labute approximate surface area is 140 Å². The van der Waals surface area contributed by atoms with Gasteiger partial charge in [-0.3, -0.25) is 0 Å². The van der Waals surface area contributed by atoms with E-state index in [-0.39, 0.29) is 6.61 Å². The molecule has 3 aromatic rings. The molecule has 0 aliphatic heterocycles. The number of ether oxygens (including phenoxy) is 1. The second-order valence-electron chi connectivity index (χ2n) is 5.14. The fraction of sp³-hybridized carbons (Fsp3) is 0.105. The molecule has 1 heterocycles. The van der Waals surface area contributed by atoms with Gasteiger partial charge in [0.2, 0.25) is 5.88 Å². The third-order valence-corrected chi connectivity index (χ3v) is 3.67. The largest absolute Gasteiger partial charge is 0.473 e. The Morgan fingerprint density at radius 1 is 0.913 bits per heavy atom. The molecular weight excluding hydrogens is 310 g/mol. The molecule has 0 radical (unpaired) electrons. The second kappa shape index (κ2) is 7.27. The van der Waals surface area contributed by atoms with E-state index >= 15 is 0 Å². The summed E-state index contributed by atoms with van der Waals surface area (Å²) in [5.74, 6) is 0.491. The van der Waals surface area contributed by atoms with Crippen LogP contribution in [0, 0.1) is 0 Å². The number of aromatic nitrogens is 1. The fourth-order valence-corrected chi connectivity index (χ4v) is 2.35. The van der Waals surface area contributed by atoms with E-state index in [4.69, 9.17) is 16.3 Å². The zero-order valence-corrected chi connectivity index (χ0v) is 13.2. The Bertz CT molecular complexity index is 773. The molecule has 2 aromatic carbocycles. The van der Waals surface area contributed by atoms with Gasteiger partial charge in [0.25, 0.3) is 0 Å². The summed E-state index contributed by atoms with van der Waals surface area (Å²) in [4.78, 5) is 4.52. The molecule has 0 saturated heterocycles. The summed E-state index contributed by atoms with van der Waals surface area (Å²) in [5.41, 5.74) is 3.50. The van der Waals surface area contributed by atoms with Gasteiger partial charge in [-0.15, -0.1) is 0 Å². The van der Waals surface area contributed by atoms with E-state index in [9.17, 15) is 5.11 Å². The van der Waals surface area contributed by atoms with Gasteiger partial charge in [-0.2, -0.15) is 0 Å². The van der Waals surface area contributed by atoms with E-state index in [1.807, 2.05) is 60.7 Å². The van der Waals surface area contributed by atoms with Gasteiger partial charge in [-0.05, 0) is 29.3 Å².